The zero-order valence-electron chi connectivity index (χ0n) is 17.8. The molecule has 1 saturated heterocycles. The van der Waals surface area contributed by atoms with Crippen molar-refractivity contribution in [3.63, 3.8) is 0 Å². The first-order valence-electron chi connectivity index (χ1n) is 10.2. The number of ether oxygens (including phenoxy) is 2. The molecule has 1 fully saturated rings. The third-order valence-corrected chi connectivity index (χ3v) is 4.80. The van der Waals surface area contributed by atoms with E-state index in [-0.39, 0.29) is 24.0 Å². The quantitative estimate of drug-likeness (QED) is 0.228. The molecule has 1 aliphatic heterocycles. The summed E-state index contributed by atoms with van der Waals surface area (Å²) in [6, 6.07) is 5.80. The highest BCUT2D eigenvalue weighted by Crippen LogP contribution is 2.31. The number of carbonyl (C=O) groups is 1. The fourth-order valence-electron chi connectivity index (χ4n) is 3.34. The molecule has 1 heterocycles. The van der Waals surface area contributed by atoms with Gasteiger partial charge in [-0.15, -0.1) is 24.0 Å². The Balaban J connectivity index is 0.00000420. The van der Waals surface area contributed by atoms with Gasteiger partial charge in [-0.1, -0.05) is 18.6 Å². The molecule has 7 nitrogen and oxygen atoms in total. The number of carbonyl (C=O) groups excluding carboxylic acids is 1. The highest BCUT2D eigenvalue weighted by molar-refractivity contribution is 14.0. The van der Waals surface area contributed by atoms with Crippen LogP contribution in [0, 0.1) is 0 Å². The molecule has 0 aromatic heterocycles. The first kappa shape index (κ1) is 25.3. The maximum absolute atomic E-state index is 12.1. The van der Waals surface area contributed by atoms with Gasteiger partial charge in [-0.05, 0) is 32.3 Å². The van der Waals surface area contributed by atoms with Crippen LogP contribution in [0.3, 0.4) is 0 Å². The molecule has 2 rings (SSSR count). The molecule has 1 aliphatic rings. The zero-order valence-corrected chi connectivity index (χ0v) is 20.2. The maximum Gasteiger partial charge on any atom is 0.222 e. The molecule has 1 aromatic rings. The second-order valence-corrected chi connectivity index (χ2v) is 6.82. The van der Waals surface area contributed by atoms with Gasteiger partial charge in [0.1, 0.15) is 0 Å². The van der Waals surface area contributed by atoms with Crippen molar-refractivity contribution in [1.82, 2.24) is 15.5 Å². The number of aliphatic imine (C=N–C) groups is 1. The fourth-order valence-corrected chi connectivity index (χ4v) is 3.34. The average Bonchev–Trinajstić information content (AvgIpc) is 2.92. The molecular weight excluding hydrogens is 483 g/mol. The Bertz CT molecular complexity index is 655. The fraction of sp³-hybridized carbons (Fsp3) is 0.619. The van der Waals surface area contributed by atoms with Gasteiger partial charge in [-0.3, -0.25) is 4.79 Å². The molecule has 8 heteroatoms. The number of guanidine groups is 1. The molecule has 0 atom stereocenters. The lowest BCUT2D eigenvalue weighted by atomic mass is 10.2. The average molecular weight is 518 g/mol. The lowest BCUT2D eigenvalue weighted by Gasteiger charge is -2.20. The first-order valence-corrected chi connectivity index (χ1v) is 10.2. The van der Waals surface area contributed by atoms with Crippen molar-refractivity contribution < 1.29 is 14.3 Å². The molecule has 0 radical (unpaired) electrons. The van der Waals surface area contributed by atoms with Crippen LogP contribution in [0.15, 0.2) is 23.2 Å². The van der Waals surface area contributed by atoms with Crippen molar-refractivity contribution in [2.45, 2.75) is 45.6 Å². The standard InChI is InChI=1S/C21H34N4O3.HI/c1-4-22-21(23-13-9-15-25-14-7-5-6-12-19(25)26)24-16-17-10-8-11-18(27-2)20(17)28-3;/h8,10-11H,4-7,9,12-16H2,1-3H3,(H2,22,23,24);1H. The molecule has 2 N–H and O–H groups in total. The summed E-state index contributed by atoms with van der Waals surface area (Å²) in [5.74, 6) is 2.47. The number of para-hydroxylation sites is 1. The largest absolute Gasteiger partial charge is 0.493 e. The van der Waals surface area contributed by atoms with Gasteiger partial charge in [0.05, 0.1) is 20.8 Å². The van der Waals surface area contributed by atoms with Crippen LogP contribution in [0.2, 0.25) is 0 Å². The predicted octanol–water partition coefficient (Wildman–Crippen LogP) is 3.17. The number of hydrogen-bond donors (Lipinski definition) is 2. The Labute approximate surface area is 191 Å². The monoisotopic (exact) mass is 518 g/mol. The second kappa shape index (κ2) is 14.3. The molecule has 1 amide bonds. The van der Waals surface area contributed by atoms with Crippen LogP contribution in [0.25, 0.3) is 0 Å². The Morgan fingerprint density at radius 3 is 2.72 bits per heavy atom. The van der Waals surface area contributed by atoms with Gasteiger partial charge >= 0.3 is 0 Å². The van der Waals surface area contributed by atoms with Crippen molar-refractivity contribution >= 4 is 35.8 Å². The molecular formula is C21H35IN4O3. The van der Waals surface area contributed by atoms with Crippen LogP contribution in [-0.2, 0) is 11.3 Å². The van der Waals surface area contributed by atoms with E-state index in [9.17, 15) is 4.79 Å². The van der Waals surface area contributed by atoms with Gasteiger partial charge in [0.15, 0.2) is 17.5 Å². The summed E-state index contributed by atoms with van der Waals surface area (Å²) in [7, 11) is 3.27. The Morgan fingerprint density at radius 2 is 2.00 bits per heavy atom. The van der Waals surface area contributed by atoms with E-state index < -0.39 is 0 Å². The molecule has 0 saturated carbocycles. The number of benzene rings is 1. The second-order valence-electron chi connectivity index (χ2n) is 6.82. The molecule has 0 unspecified atom stereocenters. The van der Waals surface area contributed by atoms with E-state index in [0.717, 1.165) is 63.4 Å². The van der Waals surface area contributed by atoms with E-state index >= 15 is 0 Å². The Kier molecular flexibility index (Phi) is 12.5. The van der Waals surface area contributed by atoms with Crippen molar-refractivity contribution in [1.29, 1.82) is 0 Å². The minimum absolute atomic E-state index is 0. The van der Waals surface area contributed by atoms with Gasteiger partial charge in [0.2, 0.25) is 5.91 Å². The van der Waals surface area contributed by atoms with Crippen LogP contribution in [0.4, 0.5) is 0 Å². The van der Waals surface area contributed by atoms with Crippen molar-refractivity contribution in [2.75, 3.05) is 40.4 Å². The third-order valence-electron chi connectivity index (χ3n) is 4.80. The summed E-state index contributed by atoms with van der Waals surface area (Å²) in [4.78, 5) is 18.7. The summed E-state index contributed by atoms with van der Waals surface area (Å²) < 4.78 is 10.8. The Morgan fingerprint density at radius 1 is 1.17 bits per heavy atom. The summed E-state index contributed by atoms with van der Waals surface area (Å²) in [5.41, 5.74) is 0.967. The minimum atomic E-state index is 0. The normalized spacial score (nSPS) is 14.7. The van der Waals surface area contributed by atoms with E-state index in [1.54, 1.807) is 14.2 Å². The van der Waals surface area contributed by atoms with Gasteiger partial charge in [-0.2, -0.15) is 0 Å². The number of methoxy groups -OCH3 is 2. The molecule has 0 bridgehead atoms. The van der Waals surface area contributed by atoms with Gasteiger partial charge < -0.3 is 25.0 Å². The lowest BCUT2D eigenvalue weighted by molar-refractivity contribution is -0.130. The zero-order chi connectivity index (χ0) is 20.2. The molecule has 164 valence electrons. The molecule has 0 aliphatic carbocycles. The minimum Gasteiger partial charge on any atom is -0.493 e. The van der Waals surface area contributed by atoms with E-state index in [4.69, 9.17) is 9.47 Å². The van der Waals surface area contributed by atoms with Crippen LogP contribution in [0.5, 0.6) is 11.5 Å². The highest BCUT2D eigenvalue weighted by atomic mass is 127. The lowest BCUT2D eigenvalue weighted by Crippen LogP contribution is -2.39. The number of nitrogens with zero attached hydrogens (tertiary/aromatic N) is 2. The highest BCUT2D eigenvalue weighted by Gasteiger charge is 2.15. The van der Waals surface area contributed by atoms with Crippen LogP contribution >= 0.6 is 24.0 Å². The number of rotatable bonds is 9. The van der Waals surface area contributed by atoms with Crippen molar-refractivity contribution in [3.8, 4) is 11.5 Å². The smallest absolute Gasteiger partial charge is 0.222 e. The van der Waals surface area contributed by atoms with Crippen LogP contribution in [-0.4, -0.2) is 57.2 Å². The van der Waals surface area contributed by atoms with E-state index in [0.29, 0.717) is 30.4 Å². The van der Waals surface area contributed by atoms with Gasteiger partial charge in [-0.25, -0.2) is 4.99 Å². The van der Waals surface area contributed by atoms with E-state index in [2.05, 4.69) is 15.6 Å². The van der Waals surface area contributed by atoms with Crippen LogP contribution in [0.1, 0.15) is 44.6 Å². The SMILES string of the molecule is CCNC(=NCc1cccc(OC)c1OC)NCCCN1CCCCCC1=O.I. The summed E-state index contributed by atoms with van der Waals surface area (Å²) in [6.45, 7) is 5.77. The summed E-state index contributed by atoms with van der Waals surface area (Å²) in [6.07, 6.45) is 4.90. The predicted molar refractivity (Wildman–Crippen MR) is 127 cm³/mol. The number of amides is 1. The molecule has 1 aromatic carbocycles. The molecule has 0 spiro atoms. The van der Waals surface area contributed by atoms with Gasteiger partial charge in [0, 0.05) is 38.2 Å². The number of hydrogen-bond acceptors (Lipinski definition) is 4. The first-order chi connectivity index (χ1) is 13.7. The third kappa shape index (κ3) is 8.28. The Hall–Kier alpha value is -1.71. The van der Waals surface area contributed by atoms with E-state index in [1.807, 2.05) is 30.0 Å². The maximum atomic E-state index is 12.1. The topological polar surface area (TPSA) is 75.2 Å². The number of halogens is 1. The van der Waals surface area contributed by atoms with E-state index in [1.165, 1.54) is 0 Å². The van der Waals surface area contributed by atoms with Crippen LogP contribution < -0.4 is 20.1 Å². The summed E-state index contributed by atoms with van der Waals surface area (Å²) in [5, 5.41) is 6.62. The van der Waals surface area contributed by atoms with Crippen molar-refractivity contribution in [3.05, 3.63) is 23.8 Å². The van der Waals surface area contributed by atoms with Gasteiger partial charge in [0.25, 0.3) is 0 Å². The number of likely N-dealkylation sites (tertiary alicyclic amines) is 1. The van der Waals surface area contributed by atoms with Crippen molar-refractivity contribution in [2.24, 2.45) is 4.99 Å². The number of nitrogens with one attached hydrogen (secondary N) is 2. The molecule has 29 heavy (non-hydrogen) atoms. The summed E-state index contributed by atoms with van der Waals surface area (Å²) >= 11 is 0.